The molecule has 0 radical (unpaired) electrons. The molecule has 0 saturated carbocycles. The largest absolute Gasteiger partial charge is 0.507 e. The minimum Gasteiger partial charge on any atom is -0.507 e. The summed E-state index contributed by atoms with van der Waals surface area (Å²) in [6.45, 7) is 5.39. The van der Waals surface area contributed by atoms with Crippen LogP contribution in [0.25, 0.3) is 0 Å². The van der Waals surface area contributed by atoms with Gasteiger partial charge in [0, 0.05) is 38.3 Å². The number of hydrogen-bond acceptors (Lipinski definition) is 5. The fourth-order valence-electron chi connectivity index (χ4n) is 3.35. The van der Waals surface area contributed by atoms with E-state index >= 15 is 0 Å². The van der Waals surface area contributed by atoms with Crippen molar-refractivity contribution in [2.45, 2.75) is 13.5 Å². The van der Waals surface area contributed by atoms with Crippen molar-refractivity contribution in [1.29, 1.82) is 0 Å². The van der Waals surface area contributed by atoms with E-state index in [4.69, 9.17) is 9.47 Å². The van der Waals surface area contributed by atoms with Crippen molar-refractivity contribution in [1.82, 2.24) is 9.80 Å². The lowest BCUT2D eigenvalue weighted by atomic mass is 10.1. The van der Waals surface area contributed by atoms with E-state index in [2.05, 4.69) is 4.90 Å². The van der Waals surface area contributed by atoms with Crippen LogP contribution in [0.5, 0.6) is 17.2 Å². The van der Waals surface area contributed by atoms with Crippen LogP contribution in [0.4, 0.5) is 0 Å². The summed E-state index contributed by atoms with van der Waals surface area (Å²) in [4.78, 5) is 16.8. The highest BCUT2D eigenvalue weighted by Crippen LogP contribution is 2.26. The van der Waals surface area contributed by atoms with Crippen LogP contribution in [0.15, 0.2) is 36.4 Å². The third kappa shape index (κ3) is 4.34. The molecule has 2 aromatic carbocycles. The molecule has 0 atom stereocenters. The van der Waals surface area contributed by atoms with Crippen LogP contribution in [0.3, 0.4) is 0 Å². The van der Waals surface area contributed by atoms with E-state index in [0.29, 0.717) is 18.7 Å². The predicted molar refractivity (Wildman–Crippen MR) is 104 cm³/mol. The van der Waals surface area contributed by atoms with Gasteiger partial charge in [-0.25, -0.2) is 0 Å². The lowest BCUT2D eigenvalue weighted by Crippen LogP contribution is -2.48. The average molecular weight is 370 g/mol. The van der Waals surface area contributed by atoms with E-state index in [0.717, 1.165) is 42.3 Å². The van der Waals surface area contributed by atoms with Crippen molar-refractivity contribution in [2.24, 2.45) is 0 Å². The number of carbonyl (C=O) groups excluding carboxylic acids is 1. The summed E-state index contributed by atoms with van der Waals surface area (Å²) in [6.07, 6.45) is 0. The molecule has 1 heterocycles. The summed E-state index contributed by atoms with van der Waals surface area (Å²) in [6, 6.07) is 10.9. The van der Waals surface area contributed by atoms with Crippen LogP contribution in [0.2, 0.25) is 0 Å². The van der Waals surface area contributed by atoms with Crippen molar-refractivity contribution in [3.63, 3.8) is 0 Å². The lowest BCUT2D eigenvalue weighted by Gasteiger charge is -2.35. The Morgan fingerprint density at radius 2 is 1.78 bits per heavy atom. The van der Waals surface area contributed by atoms with Gasteiger partial charge < -0.3 is 19.5 Å². The molecule has 6 nitrogen and oxygen atoms in total. The number of ether oxygens (including phenoxy) is 2. The zero-order valence-electron chi connectivity index (χ0n) is 16.1. The summed E-state index contributed by atoms with van der Waals surface area (Å²) < 4.78 is 10.8. The molecule has 1 saturated heterocycles. The summed E-state index contributed by atoms with van der Waals surface area (Å²) in [5, 5.41) is 10.1. The number of amides is 1. The van der Waals surface area contributed by atoms with E-state index in [1.807, 2.05) is 31.2 Å². The predicted octanol–water partition coefficient (Wildman–Crippen LogP) is 2.68. The Morgan fingerprint density at radius 3 is 2.41 bits per heavy atom. The van der Waals surface area contributed by atoms with E-state index in [-0.39, 0.29) is 11.7 Å². The molecule has 3 rings (SSSR count). The maximum absolute atomic E-state index is 12.7. The second kappa shape index (κ2) is 8.31. The van der Waals surface area contributed by atoms with Gasteiger partial charge in [0.25, 0.3) is 5.91 Å². The number of aryl methyl sites for hydroxylation is 1. The van der Waals surface area contributed by atoms with Gasteiger partial charge in [-0.1, -0.05) is 6.07 Å². The molecule has 6 heteroatoms. The Bertz CT molecular complexity index is 814. The highest BCUT2D eigenvalue weighted by molar-refractivity contribution is 5.97. The van der Waals surface area contributed by atoms with Crippen LogP contribution in [0, 0.1) is 6.92 Å². The highest BCUT2D eigenvalue weighted by atomic mass is 16.5. The normalized spacial score (nSPS) is 14.9. The van der Waals surface area contributed by atoms with Crippen molar-refractivity contribution in [2.75, 3.05) is 40.4 Å². The fraction of sp³-hybridized carbons (Fsp3) is 0.381. The summed E-state index contributed by atoms with van der Waals surface area (Å²) in [5.41, 5.74) is 2.36. The quantitative estimate of drug-likeness (QED) is 0.877. The molecule has 0 bridgehead atoms. The van der Waals surface area contributed by atoms with Crippen LogP contribution >= 0.6 is 0 Å². The lowest BCUT2D eigenvalue weighted by molar-refractivity contribution is 0.0624. The zero-order valence-corrected chi connectivity index (χ0v) is 16.1. The topological polar surface area (TPSA) is 62.2 Å². The molecule has 1 aliphatic heterocycles. The second-order valence-electron chi connectivity index (χ2n) is 6.77. The molecule has 0 aromatic heterocycles. The monoisotopic (exact) mass is 370 g/mol. The van der Waals surface area contributed by atoms with Gasteiger partial charge in [-0.3, -0.25) is 9.69 Å². The first-order valence-electron chi connectivity index (χ1n) is 9.04. The van der Waals surface area contributed by atoms with Crippen LogP contribution < -0.4 is 9.47 Å². The number of nitrogens with zero attached hydrogens (tertiary/aromatic N) is 2. The first-order valence-corrected chi connectivity index (χ1v) is 9.04. The highest BCUT2D eigenvalue weighted by Gasteiger charge is 2.24. The molecule has 0 spiro atoms. The first-order chi connectivity index (χ1) is 13.0. The number of phenolic OH excluding ortho intramolecular Hbond substituents is 1. The Morgan fingerprint density at radius 1 is 1.04 bits per heavy atom. The molecular formula is C21H26N2O4. The molecule has 144 valence electrons. The van der Waals surface area contributed by atoms with Crippen molar-refractivity contribution >= 4 is 5.91 Å². The number of hydrogen-bond donors (Lipinski definition) is 1. The Balaban J connectivity index is 1.63. The Kier molecular flexibility index (Phi) is 5.86. The summed E-state index contributed by atoms with van der Waals surface area (Å²) in [7, 11) is 3.31. The minimum atomic E-state index is -0.119. The Hall–Kier alpha value is -2.73. The van der Waals surface area contributed by atoms with Crippen LogP contribution in [-0.4, -0.2) is 61.2 Å². The van der Waals surface area contributed by atoms with Crippen molar-refractivity contribution in [3.05, 3.63) is 53.1 Å². The van der Waals surface area contributed by atoms with Crippen molar-refractivity contribution < 1.29 is 19.4 Å². The van der Waals surface area contributed by atoms with Crippen molar-refractivity contribution in [3.8, 4) is 17.2 Å². The van der Waals surface area contributed by atoms with E-state index in [9.17, 15) is 9.90 Å². The maximum atomic E-state index is 12.7. The number of piperazine rings is 1. The standard InChI is InChI=1S/C21H26N2O4/c1-15-4-6-18(19(24)12-15)21(25)23-10-8-22(9-11-23)14-16-13-17(26-2)5-7-20(16)27-3/h4-7,12-13,24H,8-11,14H2,1-3H3. The van der Waals surface area contributed by atoms with Crippen LogP contribution in [0.1, 0.15) is 21.5 Å². The van der Waals surface area contributed by atoms with Gasteiger partial charge in [0.1, 0.15) is 17.2 Å². The average Bonchev–Trinajstić information content (AvgIpc) is 2.68. The molecule has 27 heavy (non-hydrogen) atoms. The number of carbonyl (C=O) groups is 1. The molecule has 1 aliphatic rings. The maximum Gasteiger partial charge on any atom is 0.257 e. The minimum absolute atomic E-state index is 0.0450. The summed E-state index contributed by atoms with van der Waals surface area (Å²) in [5.74, 6) is 1.56. The molecule has 0 unspecified atom stereocenters. The number of methoxy groups -OCH3 is 2. The zero-order chi connectivity index (χ0) is 19.4. The molecule has 0 aliphatic carbocycles. The molecule has 1 fully saturated rings. The van der Waals surface area contributed by atoms with E-state index in [1.165, 1.54) is 0 Å². The van der Waals surface area contributed by atoms with Gasteiger partial charge in [0.2, 0.25) is 0 Å². The number of rotatable bonds is 5. The third-order valence-electron chi connectivity index (χ3n) is 4.92. The van der Waals surface area contributed by atoms with Gasteiger partial charge in [0.15, 0.2) is 0 Å². The first kappa shape index (κ1) is 19.0. The second-order valence-corrected chi connectivity index (χ2v) is 6.77. The molecule has 2 aromatic rings. The summed E-state index contributed by atoms with van der Waals surface area (Å²) >= 11 is 0. The third-order valence-corrected chi connectivity index (χ3v) is 4.92. The van der Waals surface area contributed by atoms with Gasteiger partial charge in [-0.05, 0) is 42.8 Å². The number of benzene rings is 2. The van der Waals surface area contributed by atoms with Crippen LogP contribution in [-0.2, 0) is 6.54 Å². The SMILES string of the molecule is COc1ccc(OC)c(CN2CCN(C(=O)c3ccc(C)cc3O)CC2)c1. The van der Waals surface area contributed by atoms with E-state index in [1.54, 1.807) is 31.3 Å². The molecule has 1 N–H and O–H groups in total. The van der Waals surface area contributed by atoms with Gasteiger partial charge in [-0.15, -0.1) is 0 Å². The van der Waals surface area contributed by atoms with Gasteiger partial charge in [0.05, 0.1) is 19.8 Å². The molecule has 1 amide bonds. The smallest absolute Gasteiger partial charge is 0.257 e. The molecular weight excluding hydrogens is 344 g/mol. The Labute approximate surface area is 159 Å². The van der Waals surface area contributed by atoms with Gasteiger partial charge >= 0.3 is 0 Å². The fourth-order valence-corrected chi connectivity index (χ4v) is 3.35. The number of aromatic hydroxyl groups is 1. The van der Waals surface area contributed by atoms with E-state index < -0.39 is 0 Å². The number of phenols is 1. The van der Waals surface area contributed by atoms with Gasteiger partial charge in [-0.2, -0.15) is 0 Å².